The van der Waals surface area contributed by atoms with Gasteiger partial charge >= 0.3 is 0 Å². The van der Waals surface area contributed by atoms with Crippen molar-refractivity contribution in [3.05, 3.63) is 47.7 Å². The van der Waals surface area contributed by atoms with Crippen LogP contribution in [-0.2, 0) is 6.54 Å². The van der Waals surface area contributed by atoms with Gasteiger partial charge in [-0.1, -0.05) is 44.0 Å². The van der Waals surface area contributed by atoms with Gasteiger partial charge in [-0.2, -0.15) is 0 Å². The summed E-state index contributed by atoms with van der Waals surface area (Å²) in [6, 6.07) is 11.9. The summed E-state index contributed by atoms with van der Waals surface area (Å²) in [7, 11) is 0. The van der Waals surface area contributed by atoms with Crippen molar-refractivity contribution in [1.82, 2.24) is 5.32 Å². The summed E-state index contributed by atoms with van der Waals surface area (Å²) in [5.74, 6) is 1.83. The predicted octanol–water partition coefficient (Wildman–Crippen LogP) is 4.28. The van der Waals surface area contributed by atoms with E-state index in [1.54, 1.807) is 6.92 Å². The SMILES string of the molecule is CCCCCNCc1ccc(-c2ccc([C@H](C)O)cc2)o1. The molecule has 0 radical (unpaired) electrons. The molecule has 3 heteroatoms. The molecule has 0 aliphatic carbocycles. The van der Waals surface area contributed by atoms with E-state index in [-0.39, 0.29) is 0 Å². The lowest BCUT2D eigenvalue weighted by Crippen LogP contribution is -2.13. The third-order valence-corrected chi connectivity index (χ3v) is 3.60. The van der Waals surface area contributed by atoms with E-state index in [2.05, 4.69) is 12.2 Å². The van der Waals surface area contributed by atoms with E-state index < -0.39 is 6.10 Å². The van der Waals surface area contributed by atoms with Crippen LogP contribution in [0.1, 0.15) is 50.5 Å². The molecule has 21 heavy (non-hydrogen) atoms. The van der Waals surface area contributed by atoms with Crippen molar-refractivity contribution in [3.63, 3.8) is 0 Å². The molecule has 0 bridgehead atoms. The molecule has 114 valence electrons. The van der Waals surface area contributed by atoms with E-state index in [1.165, 1.54) is 19.3 Å². The minimum Gasteiger partial charge on any atom is -0.460 e. The number of hydrogen-bond acceptors (Lipinski definition) is 3. The Labute approximate surface area is 127 Å². The highest BCUT2D eigenvalue weighted by Gasteiger charge is 2.06. The van der Waals surface area contributed by atoms with Crippen LogP contribution in [0.15, 0.2) is 40.8 Å². The average molecular weight is 287 g/mol. The Bertz CT molecular complexity index is 528. The van der Waals surface area contributed by atoms with Gasteiger partial charge in [0, 0.05) is 5.56 Å². The zero-order chi connectivity index (χ0) is 15.1. The van der Waals surface area contributed by atoms with E-state index in [0.717, 1.165) is 35.7 Å². The zero-order valence-corrected chi connectivity index (χ0v) is 12.9. The van der Waals surface area contributed by atoms with Crippen LogP contribution in [0.2, 0.25) is 0 Å². The van der Waals surface area contributed by atoms with Crippen LogP contribution in [-0.4, -0.2) is 11.7 Å². The van der Waals surface area contributed by atoms with Crippen LogP contribution in [0.4, 0.5) is 0 Å². The number of aliphatic hydroxyl groups excluding tert-OH is 1. The second kappa shape index (κ2) is 8.01. The predicted molar refractivity (Wildman–Crippen MR) is 86.0 cm³/mol. The number of hydrogen-bond donors (Lipinski definition) is 2. The molecule has 2 N–H and O–H groups in total. The molecule has 3 nitrogen and oxygen atoms in total. The fraction of sp³-hybridized carbons (Fsp3) is 0.444. The largest absolute Gasteiger partial charge is 0.460 e. The van der Waals surface area contributed by atoms with Crippen molar-refractivity contribution >= 4 is 0 Å². The van der Waals surface area contributed by atoms with Gasteiger partial charge in [-0.25, -0.2) is 0 Å². The van der Waals surface area contributed by atoms with Crippen LogP contribution in [0, 0.1) is 0 Å². The zero-order valence-electron chi connectivity index (χ0n) is 12.9. The first kappa shape index (κ1) is 15.8. The molecule has 0 saturated heterocycles. The minimum absolute atomic E-state index is 0.432. The van der Waals surface area contributed by atoms with E-state index in [0.29, 0.717) is 0 Å². The molecule has 0 amide bonds. The van der Waals surface area contributed by atoms with Crippen molar-refractivity contribution in [2.75, 3.05) is 6.54 Å². The Kier molecular flexibility index (Phi) is 6.03. The van der Waals surface area contributed by atoms with Gasteiger partial charge in [0.15, 0.2) is 0 Å². The topological polar surface area (TPSA) is 45.4 Å². The fourth-order valence-electron chi connectivity index (χ4n) is 2.27. The summed E-state index contributed by atoms with van der Waals surface area (Å²) >= 11 is 0. The number of furan rings is 1. The van der Waals surface area contributed by atoms with Crippen LogP contribution in [0.3, 0.4) is 0 Å². The summed E-state index contributed by atoms with van der Waals surface area (Å²) in [5, 5.41) is 12.9. The standard InChI is InChI=1S/C18H25NO2/c1-3-4-5-12-19-13-17-10-11-18(21-17)16-8-6-15(7-9-16)14(2)20/h6-11,14,19-20H,3-5,12-13H2,1-2H3/t14-/m0/s1. The summed E-state index contributed by atoms with van der Waals surface area (Å²) in [6.07, 6.45) is 3.30. The van der Waals surface area contributed by atoms with Crippen molar-refractivity contribution in [2.45, 2.75) is 45.8 Å². The second-order valence-electron chi connectivity index (χ2n) is 5.45. The first-order valence-corrected chi connectivity index (χ1v) is 7.78. The molecular formula is C18H25NO2. The maximum Gasteiger partial charge on any atom is 0.134 e. The fourth-order valence-corrected chi connectivity index (χ4v) is 2.27. The molecule has 1 atom stereocenters. The van der Waals surface area contributed by atoms with Crippen molar-refractivity contribution in [1.29, 1.82) is 0 Å². The second-order valence-corrected chi connectivity index (χ2v) is 5.45. The molecule has 0 unspecified atom stereocenters. The van der Waals surface area contributed by atoms with Crippen LogP contribution in [0.5, 0.6) is 0 Å². The van der Waals surface area contributed by atoms with Gasteiger partial charge in [-0.15, -0.1) is 0 Å². The molecule has 2 aromatic rings. The van der Waals surface area contributed by atoms with Gasteiger partial charge in [0.2, 0.25) is 0 Å². The smallest absolute Gasteiger partial charge is 0.134 e. The average Bonchev–Trinajstić information content (AvgIpc) is 2.96. The third kappa shape index (κ3) is 4.73. The number of rotatable bonds is 8. The molecule has 2 rings (SSSR count). The van der Waals surface area contributed by atoms with Gasteiger partial charge < -0.3 is 14.8 Å². The molecule has 0 aliphatic heterocycles. The van der Waals surface area contributed by atoms with Crippen molar-refractivity contribution in [2.24, 2.45) is 0 Å². The maximum atomic E-state index is 9.52. The van der Waals surface area contributed by atoms with Crippen molar-refractivity contribution in [3.8, 4) is 11.3 Å². The molecule has 0 spiro atoms. The molecule has 1 aromatic carbocycles. The van der Waals surface area contributed by atoms with Crippen LogP contribution >= 0.6 is 0 Å². The van der Waals surface area contributed by atoms with Gasteiger partial charge in [0.1, 0.15) is 11.5 Å². The molecule has 0 fully saturated rings. The van der Waals surface area contributed by atoms with Gasteiger partial charge in [0.25, 0.3) is 0 Å². The maximum absolute atomic E-state index is 9.52. The lowest BCUT2D eigenvalue weighted by molar-refractivity contribution is 0.199. The van der Waals surface area contributed by atoms with E-state index in [4.69, 9.17) is 4.42 Å². The lowest BCUT2D eigenvalue weighted by Gasteiger charge is -2.05. The highest BCUT2D eigenvalue weighted by molar-refractivity contribution is 5.58. The summed E-state index contributed by atoms with van der Waals surface area (Å²) in [5.41, 5.74) is 1.96. The van der Waals surface area contributed by atoms with Crippen LogP contribution in [0.25, 0.3) is 11.3 Å². The summed E-state index contributed by atoms with van der Waals surface area (Å²) in [6.45, 7) is 5.79. The van der Waals surface area contributed by atoms with Gasteiger partial charge in [-0.05, 0) is 37.6 Å². The molecule has 0 saturated carbocycles. The Morgan fingerprint density at radius 1 is 1.10 bits per heavy atom. The number of aliphatic hydroxyl groups is 1. The molecule has 1 heterocycles. The first-order valence-electron chi connectivity index (χ1n) is 7.78. The van der Waals surface area contributed by atoms with Gasteiger partial charge in [-0.3, -0.25) is 0 Å². The third-order valence-electron chi connectivity index (χ3n) is 3.60. The monoisotopic (exact) mass is 287 g/mol. The molecular weight excluding hydrogens is 262 g/mol. The summed E-state index contributed by atoms with van der Waals surface area (Å²) in [4.78, 5) is 0. The Morgan fingerprint density at radius 3 is 2.52 bits per heavy atom. The van der Waals surface area contributed by atoms with Gasteiger partial charge in [0.05, 0.1) is 12.6 Å². The Hall–Kier alpha value is -1.58. The Balaban J connectivity index is 1.90. The first-order chi connectivity index (χ1) is 10.2. The van der Waals surface area contributed by atoms with E-state index >= 15 is 0 Å². The molecule has 1 aromatic heterocycles. The highest BCUT2D eigenvalue weighted by atomic mass is 16.3. The van der Waals surface area contributed by atoms with E-state index in [1.807, 2.05) is 36.4 Å². The van der Waals surface area contributed by atoms with E-state index in [9.17, 15) is 5.11 Å². The Morgan fingerprint density at radius 2 is 1.86 bits per heavy atom. The molecule has 0 aliphatic rings. The number of unbranched alkanes of at least 4 members (excludes halogenated alkanes) is 2. The normalized spacial score (nSPS) is 12.5. The van der Waals surface area contributed by atoms with Crippen LogP contribution < -0.4 is 5.32 Å². The van der Waals surface area contributed by atoms with Crippen molar-refractivity contribution < 1.29 is 9.52 Å². The minimum atomic E-state index is -0.432. The highest BCUT2D eigenvalue weighted by Crippen LogP contribution is 2.24. The lowest BCUT2D eigenvalue weighted by atomic mass is 10.1. The number of benzene rings is 1. The number of nitrogens with one attached hydrogen (secondary N) is 1. The summed E-state index contributed by atoms with van der Waals surface area (Å²) < 4.78 is 5.85. The quantitative estimate of drug-likeness (QED) is 0.712.